The number of hydrogen-bond acceptors (Lipinski definition) is 3. The van der Waals surface area contributed by atoms with Crippen molar-refractivity contribution in [1.29, 1.82) is 0 Å². The number of amides is 1. The molecule has 1 amide bonds. The average Bonchev–Trinajstić information content (AvgIpc) is 3.22. The third kappa shape index (κ3) is 4.97. The highest BCUT2D eigenvalue weighted by atomic mass is 35.5. The van der Waals surface area contributed by atoms with Gasteiger partial charge in [0.05, 0.1) is 0 Å². The van der Waals surface area contributed by atoms with Crippen LogP contribution in [0.5, 0.6) is 0 Å². The molecule has 0 fully saturated rings. The summed E-state index contributed by atoms with van der Waals surface area (Å²) in [6.07, 6.45) is -0.609. The molecule has 4 aromatic rings. The first kappa shape index (κ1) is 23.6. The molecule has 4 aromatic carbocycles. The molecule has 0 aromatic heterocycles. The van der Waals surface area contributed by atoms with E-state index < -0.39 is 18.1 Å². The fourth-order valence-electron chi connectivity index (χ4n) is 4.69. The molecule has 2 N–H and O–H groups in total. The maximum absolute atomic E-state index is 12.6. The second kappa shape index (κ2) is 10.3. The monoisotopic (exact) mass is 497 g/mol. The minimum Gasteiger partial charge on any atom is -0.480 e. The van der Waals surface area contributed by atoms with Gasteiger partial charge in [0, 0.05) is 17.4 Å². The van der Waals surface area contributed by atoms with Gasteiger partial charge in [-0.3, -0.25) is 0 Å². The Morgan fingerprint density at radius 1 is 0.806 bits per heavy atom. The molecule has 1 aliphatic rings. The summed E-state index contributed by atoms with van der Waals surface area (Å²) in [6.45, 7) is 0.127. The van der Waals surface area contributed by atoms with Crippen LogP contribution in [0.25, 0.3) is 22.3 Å². The number of ether oxygens (including phenoxy) is 1. The fraction of sp³-hybridized carbons (Fsp3) is 0.133. The first-order valence-electron chi connectivity index (χ1n) is 11.7. The van der Waals surface area contributed by atoms with Crippen LogP contribution in [0.4, 0.5) is 4.79 Å². The van der Waals surface area contributed by atoms with Gasteiger partial charge in [-0.1, -0.05) is 96.5 Å². The number of nitrogens with one attached hydrogen (secondary N) is 1. The average molecular weight is 498 g/mol. The second-order valence-electron chi connectivity index (χ2n) is 8.77. The number of hydrogen-bond donors (Lipinski definition) is 2. The highest BCUT2D eigenvalue weighted by molar-refractivity contribution is 6.30. The molecular formula is C30H24ClNO4. The van der Waals surface area contributed by atoms with E-state index in [1.54, 1.807) is 0 Å². The standard InChI is InChI=1S/C30H24ClNO4/c31-22-15-13-21(14-16-22)20-11-9-19(10-12-20)17-28(29(33)34)32-30(35)36-18-27-25-7-3-1-5-23(25)24-6-2-4-8-26(24)27/h1-16,27-28H,17-18H2,(H,32,35)(H,33,34)/t28-/m1/s1. The van der Waals surface area contributed by atoms with E-state index in [1.165, 1.54) is 0 Å². The van der Waals surface area contributed by atoms with Gasteiger partial charge in [-0.2, -0.15) is 0 Å². The third-order valence-electron chi connectivity index (χ3n) is 6.51. The van der Waals surface area contributed by atoms with Crippen LogP contribution in [0.2, 0.25) is 5.02 Å². The van der Waals surface area contributed by atoms with Crippen LogP contribution in [-0.2, 0) is 16.0 Å². The summed E-state index contributed by atoms with van der Waals surface area (Å²) >= 11 is 5.96. The van der Waals surface area contributed by atoms with Crippen LogP contribution in [-0.4, -0.2) is 29.8 Å². The number of carbonyl (C=O) groups is 2. The lowest BCUT2D eigenvalue weighted by Crippen LogP contribution is -2.42. The predicted molar refractivity (Wildman–Crippen MR) is 140 cm³/mol. The summed E-state index contributed by atoms with van der Waals surface area (Å²) in [4.78, 5) is 24.5. The van der Waals surface area contributed by atoms with E-state index in [4.69, 9.17) is 16.3 Å². The molecule has 0 saturated heterocycles. The van der Waals surface area contributed by atoms with Crippen molar-refractivity contribution in [2.24, 2.45) is 0 Å². The van der Waals surface area contributed by atoms with Gasteiger partial charge in [-0.15, -0.1) is 0 Å². The van der Waals surface area contributed by atoms with E-state index in [9.17, 15) is 14.7 Å². The van der Waals surface area contributed by atoms with Crippen LogP contribution in [0.3, 0.4) is 0 Å². The molecule has 0 unspecified atom stereocenters. The number of carboxylic acids is 1. The maximum atomic E-state index is 12.6. The number of fused-ring (bicyclic) bond motifs is 3. The SMILES string of the molecule is O=C(N[C@H](Cc1ccc(-c2ccc(Cl)cc2)cc1)C(=O)O)OCC1c2ccccc2-c2ccccc21. The Morgan fingerprint density at radius 3 is 1.89 bits per heavy atom. The number of carbonyl (C=O) groups excluding carboxylic acids is 1. The highest BCUT2D eigenvalue weighted by Gasteiger charge is 2.29. The van der Waals surface area contributed by atoms with Crippen molar-refractivity contribution in [3.8, 4) is 22.3 Å². The number of carboxylic acid groups (broad SMARTS) is 1. The Bertz CT molecular complexity index is 1350. The Morgan fingerprint density at radius 2 is 1.33 bits per heavy atom. The Labute approximate surface area is 214 Å². The zero-order valence-corrected chi connectivity index (χ0v) is 20.1. The molecular weight excluding hydrogens is 474 g/mol. The van der Waals surface area contributed by atoms with E-state index >= 15 is 0 Å². The zero-order chi connectivity index (χ0) is 25.1. The first-order chi connectivity index (χ1) is 17.5. The molecule has 0 bridgehead atoms. The quantitative estimate of drug-likeness (QED) is 0.304. The largest absolute Gasteiger partial charge is 0.480 e. The summed E-state index contributed by atoms with van der Waals surface area (Å²) in [5, 5.41) is 12.9. The highest BCUT2D eigenvalue weighted by Crippen LogP contribution is 2.44. The van der Waals surface area contributed by atoms with Gasteiger partial charge in [0.1, 0.15) is 12.6 Å². The molecule has 0 aliphatic heterocycles. The molecule has 0 saturated carbocycles. The van der Waals surface area contributed by atoms with Gasteiger partial charge >= 0.3 is 12.1 Å². The van der Waals surface area contributed by atoms with Gasteiger partial charge in [-0.05, 0) is 51.1 Å². The molecule has 1 aliphatic carbocycles. The van der Waals surface area contributed by atoms with Crippen LogP contribution in [0.15, 0.2) is 97.1 Å². The van der Waals surface area contributed by atoms with Crippen LogP contribution < -0.4 is 5.32 Å². The lowest BCUT2D eigenvalue weighted by atomic mass is 9.98. The zero-order valence-electron chi connectivity index (χ0n) is 19.4. The minimum atomic E-state index is -1.12. The number of alkyl carbamates (subject to hydrolysis) is 1. The van der Waals surface area contributed by atoms with E-state index in [0.29, 0.717) is 5.02 Å². The van der Waals surface area contributed by atoms with Gasteiger partial charge in [0.25, 0.3) is 0 Å². The van der Waals surface area contributed by atoms with E-state index in [2.05, 4.69) is 17.4 Å². The van der Waals surface area contributed by atoms with Gasteiger partial charge in [-0.25, -0.2) is 9.59 Å². The van der Waals surface area contributed by atoms with Gasteiger partial charge in [0.15, 0.2) is 0 Å². The van der Waals surface area contributed by atoms with Crippen molar-refractivity contribution in [2.75, 3.05) is 6.61 Å². The van der Waals surface area contributed by atoms with Crippen molar-refractivity contribution in [1.82, 2.24) is 5.32 Å². The van der Waals surface area contributed by atoms with Crippen LogP contribution in [0.1, 0.15) is 22.6 Å². The van der Waals surface area contributed by atoms with E-state index in [1.807, 2.05) is 84.9 Å². The second-order valence-corrected chi connectivity index (χ2v) is 9.21. The van der Waals surface area contributed by atoms with Crippen molar-refractivity contribution in [2.45, 2.75) is 18.4 Å². The summed E-state index contributed by atoms with van der Waals surface area (Å²) in [7, 11) is 0. The molecule has 6 heteroatoms. The summed E-state index contributed by atoms with van der Waals surface area (Å²) in [5.41, 5.74) is 7.26. The number of rotatable bonds is 7. The molecule has 0 heterocycles. The molecule has 0 spiro atoms. The topological polar surface area (TPSA) is 75.6 Å². The van der Waals surface area contributed by atoms with Crippen molar-refractivity contribution >= 4 is 23.7 Å². The van der Waals surface area contributed by atoms with Crippen molar-refractivity contribution < 1.29 is 19.4 Å². The number of aliphatic carboxylic acids is 1. The summed E-state index contributed by atoms with van der Waals surface area (Å²) in [6, 6.07) is 30.1. The molecule has 1 atom stereocenters. The third-order valence-corrected chi connectivity index (χ3v) is 6.76. The van der Waals surface area contributed by atoms with E-state index in [0.717, 1.165) is 38.9 Å². The molecule has 180 valence electrons. The predicted octanol–water partition coefficient (Wildman–Crippen LogP) is 6.54. The van der Waals surface area contributed by atoms with Gasteiger partial charge < -0.3 is 15.2 Å². The van der Waals surface area contributed by atoms with Crippen molar-refractivity contribution in [3.63, 3.8) is 0 Å². The normalized spacial score (nSPS) is 12.9. The Hall–Kier alpha value is -4.09. The van der Waals surface area contributed by atoms with Gasteiger partial charge in [0.2, 0.25) is 0 Å². The van der Waals surface area contributed by atoms with E-state index in [-0.39, 0.29) is 18.9 Å². The molecule has 0 radical (unpaired) electrons. The lowest BCUT2D eigenvalue weighted by Gasteiger charge is -2.17. The number of halogens is 1. The fourth-order valence-corrected chi connectivity index (χ4v) is 4.82. The van der Waals surface area contributed by atoms with Crippen LogP contribution in [0, 0.1) is 0 Å². The summed E-state index contributed by atoms with van der Waals surface area (Å²) < 4.78 is 5.52. The summed E-state index contributed by atoms with van der Waals surface area (Å²) in [5.74, 6) is -1.21. The molecule has 5 rings (SSSR count). The van der Waals surface area contributed by atoms with Crippen LogP contribution >= 0.6 is 11.6 Å². The molecule has 5 nitrogen and oxygen atoms in total. The first-order valence-corrected chi connectivity index (χ1v) is 12.1. The van der Waals surface area contributed by atoms with Crippen molar-refractivity contribution in [3.05, 3.63) is 119 Å². The maximum Gasteiger partial charge on any atom is 0.407 e. The Balaban J connectivity index is 1.22. The Kier molecular flexibility index (Phi) is 6.74. The number of benzene rings is 4. The smallest absolute Gasteiger partial charge is 0.407 e. The minimum absolute atomic E-state index is 0.0909. The lowest BCUT2D eigenvalue weighted by molar-refractivity contribution is -0.139. The molecule has 36 heavy (non-hydrogen) atoms.